The Kier molecular flexibility index (Phi) is 8.85. The van der Waals surface area contributed by atoms with Crippen molar-refractivity contribution in [2.75, 3.05) is 30.3 Å². The van der Waals surface area contributed by atoms with E-state index in [-0.39, 0.29) is 24.2 Å². The second-order valence-corrected chi connectivity index (χ2v) is 12.2. The Morgan fingerprint density at radius 3 is 2.41 bits per heavy atom. The predicted octanol–water partition coefficient (Wildman–Crippen LogP) is 3.16. The monoisotopic (exact) mass is 677 g/mol. The number of carbonyl (C=O) groups excluding carboxylic acids is 1. The van der Waals surface area contributed by atoms with E-state index in [1.165, 1.54) is 6.33 Å². The van der Waals surface area contributed by atoms with Crippen LogP contribution in [0.4, 0.5) is 24.9 Å². The Morgan fingerprint density at radius 1 is 1.08 bits per heavy atom. The number of carbonyl (C=O) groups is 1. The normalized spacial score (nSPS) is 22.5. The maximum absolute atomic E-state index is 13.3. The van der Waals surface area contributed by atoms with Crippen LogP contribution in [0.5, 0.6) is 0 Å². The molecule has 1 saturated heterocycles. The van der Waals surface area contributed by atoms with E-state index >= 15 is 0 Å². The zero-order chi connectivity index (χ0) is 34.1. The second-order valence-electron chi connectivity index (χ2n) is 12.2. The quantitative estimate of drug-likeness (QED) is 0.160. The lowest BCUT2D eigenvalue weighted by atomic mass is 9.91. The van der Waals surface area contributed by atoms with Crippen molar-refractivity contribution in [2.24, 2.45) is 0 Å². The van der Waals surface area contributed by atoms with Crippen LogP contribution in [0, 0.1) is 6.92 Å². The number of benzene rings is 2. The summed E-state index contributed by atoms with van der Waals surface area (Å²) in [5.74, 6) is -1.45. The van der Waals surface area contributed by atoms with Crippen molar-refractivity contribution >= 4 is 28.9 Å². The number of anilines is 2. The van der Waals surface area contributed by atoms with E-state index in [1.807, 2.05) is 36.4 Å². The third kappa shape index (κ3) is 6.76. The topological polar surface area (TPSA) is 170 Å². The van der Waals surface area contributed by atoms with Crippen LogP contribution in [-0.2, 0) is 9.53 Å². The van der Waals surface area contributed by atoms with Gasteiger partial charge in [0.05, 0.1) is 12.4 Å². The number of hydrogen-bond acceptors (Lipinski definition) is 12. The highest BCUT2D eigenvalue weighted by Crippen LogP contribution is 2.42. The molecule has 1 aliphatic carbocycles. The molecule has 0 spiro atoms. The lowest BCUT2D eigenvalue weighted by Gasteiger charge is -2.23. The Balaban J connectivity index is 1.25. The number of nitrogens with one attached hydrogen (secondary N) is 3. The summed E-state index contributed by atoms with van der Waals surface area (Å²) in [7, 11) is 0. The summed E-state index contributed by atoms with van der Waals surface area (Å²) in [5, 5.41) is 33.5. The fourth-order valence-corrected chi connectivity index (χ4v) is 6.55. The van der Waals surface area contributed by atoms with Gasteiger partial charge in [-0.15, -0.1) is 10.2 Å². The summed E-state index contributed by atoms with van der Waals surface area (Å²) in [4.78, 5) is 27.2. The predicted molar refractivity (Wildman–Crippen MR) is 171 cm³/mol. The summed E-state index contributed by atoms with van der Waals surface area (Å²) in [6.07, 6.45) is -6.20. The molecule has 0 unspecified atom stereocenters. The van der Waals surface area contributed by atoms with E-state index in [9.17, 15) is 23.1 Å². The van der Waals surface area contributed by atoms with Gasteiger partial charge in [0, 0.05) is 25.0 Å². The Bertz CT molecular complexity index is 1860. The third-order valence-electron chi connectivity index (χ3n) is 8.94. The van der Waals surface area contributed by atoms with Crippen LogP contribution >= 0.6 is 0 Å². The molecule has 49 heavy (non-hydrogen) atoms. The number of hydrogen-bond donors (Lipinski definition) is 4. The SMILES string of the molecule is Cc1nnn([C@H]2C[C@@H](n3cnc4c(NCC(c5ccccc5)c5ccccc5)nc(N[C@@H]5CCNC5)nc43)[C@H](O)[C@@H]2OC(=O)C(F)(F)F)n1. The van der Waals surface area contributed by atoms with Crippen molar-refractivity contribution in [3.63, 3.8) is 0 Å². The summed E-state index contributed by atoms with van der Waals surface area (Å²) >= 11 is 0. The Labute approximate surface area is 278 Å². The molecule has 14 nitrogen and oxygen atoms in total. The van der Waals surface area contributed by atoms with Crippen molar-refractivity contribution in [3.8, 4) is 0 Å². The average Bonchev–Trinajstić information content (AvgIpc) is 3.91. The van der Waals surface area contributed by atoms with Gasteiger partial charge in [-0.1, -0.05) is 60.7 Å². The van der Waals surface area contributed by atoms with Crippen LogP contribution in [0.25, 0.3) is 11.2 Å². The largest absolute Gasteiger partial charge is 0.490 e. The van der Waals surface area contributed by atoms with Crippen LogP contribution in [-0.4, -0.2) is 94.9 Å². The van der Waals surface area contributed by atoms with Crippen molar-refractivity contribution < 1.29 is 27.8 Å². The van der Waals surface area contributed by atoms with E-state index in [4.69, 9.17) is 14.7 Å². The fraction of sp³-hybridized carbons (Fsp3) is 0.406. The number of aliphatic hydroxyl groups excluding tert-OH is 1. The van der Waals surface area contributed by atoms with E-state index in [0.717, 1.165) is 28.9 Å². The van der Waals surface area contributed by atoms with E-state index in [0.29, 0.717) is 36.0 Å². The van der Waals surface area contributed by atoms with Gasteiger partial charge in [-0.3, -0.25) is 0 Å². The number of tetrazole rings is 1. The minimum Gasteiger partial charge on any atom is -0.450 e. The van der Waals surface area contributed by atoms with Gasteiger partial charge >= 0.3 is 12.1 Å². The maximum Gasteiger partial charge on any atom is 0.490 e. The van der Waals surface area contributed by atoms with Gasteiger partial charge < -0.3 is 30.4 Å². The first-order valence-corrected chi connectivity index (χ1v) is 15.9. The lowest BCUT2D eigenvalue weighted by molar-refractivity contribution is -0.210. The number of nitrogens with zero attached hydrogens (tertiary/aromatic N) is 8. The van der Waals surface area contributed by atoms with Crippen molar-refractivity contribution in [3.05, 3.63) is 83.9 Å². The lowest BCUT2D eigenvalue weighted by Crippen LogP contribution is -2.39. The minimum atomic E-state index is -5.27. The molecule has 5 atom stereocenters. The molecular formula is C32H34F3N11O3. The number of aromatic nitrogens is 8. The van der Waals surface area contributed by atoms with Crippen LogP contribution in [0.3, 0.4) is 0 Å². The third-order valence-corrected chi connectivity index (χ3v) is 8.94. The molecule has 3 aromatic heterocycles. The second kappa shape index (κ2) is 13.4. The summed E-state index contributed by atoms with van der Waals surface area (Å²) < 4.78 is 46.3. The molecule has 0 radical (unpaired) electrons. The Hall–Kier alpha value is -5.16. The number of imidazole rings is 1. The molecule has 4 heterocycles. The summed E-state index contributed by atoms with van der Waals surface area (Å²) in [6.45, 7) is 3.57. The molecule has 4 N–H and O–H groups in total. The van der Waals surface area contributed by atoms with Gasteiger partial charge in [0.2, 0.25) is 5.95 Å². The fourth-order valence-electron chi connectivity index (χ4n) is 6.55. The minimum absolute atomic E-state index is 0.00953. The highest BCUT2D eigenvalue weighted by molar-refractivity contribution is 5.84. The Morgan fingerprint density at radius 2 is 1.80 bits per heavy atom. The van der Waals surface area contributed by atoms with E-state index in [2.05, 4.69) is 60.6 Å². The molecule has 1 aliphatic heterocycles. The van der Waals surface area contributed by atoms with Gasteiger partial charge in [0.25, 0.3) is 0 Å². The average molecular weight is 678 g/mol. The van der Waals surface area contributed by atoms with Crippen molar-refractivity contribution in [1.82, 2.24) is 45.0 Å². The van der Waals surface area contributed by atoms with Crippen LogP contribution in [0.2, 0.25) is 0 Å². The number of halogens is 3. The van der Waals surface area contributed by atoms with Crippen LogP contribution < -0.4 is 16.0 Å². The number of alkyl halides is 3. The molecule has 2 aliphatic rings. The van der Waals surface area contributed by atoms with Gasteiger partial charge in [-0.25, -0.2) is 9.78 Å². The van der Waals surface area contributed by atoms with Gasteiger partial charge in [0.1, 0.15) is 12.1 Å². The van der Waals surface area contributed by atoms with Crippen LogP contribution in [0.15, 0.2) is 67.0 Å². The number of aliphatic hydroxyl groups is 1. The molecule has 17 heteroatoms. The first-order chi connectivity index (χ1) is 23.7. The molecule has 2 aromatic carbocycles. The van der Waals surface area contributed by atoms with Gasteiger partial charge in [-0.05, 0) is 42.7 Å². The first kappa shape index (κ1) is 32.4. The zero-order valence-corrected chi connectivity index (χ0v) is 26.3. The van der Waals surface area contributed by atoms with Crippen molar-refractivity contribution in [2.45, 2.75) is 62.2 Å². The van der Waals surface area contributed by atoms with Gasteiger partial charge in [0.15, 0.2) is 28.9 Å². The van der Waals surface area contributed by atoms with Crippen LogP contribution in [0.1, 0.15) is 47.8 Å². The maximum atomic E-state index is 13.3. The highest BCUT2D eigenvalue weighted by Gasteiger charge is 2.52. The summed E-state index contributed by atoms with van der Waals surface area (Å²) in [6, 6.07) is 18.2. The number of ether oxygens (including phenoxy) is 1. The van der Waals surface area contributed by atoms with Gasteiger partial charge in [-0.2, -0.15) is 27.9 Å². The highest BCUT2D eigenvalue weighted by atomic mass is 19.4. The number of aryl methyl sites for hydroxylation is 1. The number of rotatable bonds is 10. The summed E-state index contributed by atoms with van der Waals surface area (Å²) in [5.41, 5.74) is 2.92. The van der Waals surface area contributed by atoms with E-state index in [1.54, 1.807) is 11.5 Å². The molecule has 0 amide bonds. The molecule has 0 bridgehead atoms. The molecule has 7 rings (SSSR count). The smallest absolute Gasteiger partial charge is 0.450 e. The zero-order valence-electron chi connectivity index (χ0n) is 26.3. The molecule has 1 saturated carbocycles. The standard InChI is InChI=1S/C32H34F3N11O3/c1-18-42-44-46(43-18)24-14-23(26(47)27(24)49-30(48)32(33,34)35)45-17-38-25-28(40-31(41-29(25)45)39-21-12-13-36-15-21)37-16-22(19-8-4-2-5-9-19)20-10-6-3-7-11-20/h2-11,17,21-24,26-27,36,47H,12-16H2,1H3,(H2,37,39,40,41)/t21-,23-,24+,26+,27-/m1/s1. The molecular weight excluding hydrogens is 643 g/mol. The number of esters is 1. The van der Waals surface area contributed by atoms with E-state index < -0.39 is 36.4 Å². The first-order valence-electron chi connectivity index (χ1n) is 15.9. The molecule has 5 aromatic rings. The van der Waals surface area contributed by atoms with Crippen molar-refractivity contribution in [1.29, 1.82) is 0 Å². The number of fused-ring (bicyclic) bond motifs is 1. The molecule has 256 valence electrons. The molecule has 2 fully saturated rings.